The van der Waals surface area contributed by atoms with Crippen molar-refractivity contribution in [1.29, 1.82) is 0 Å². The molecule has 0 radical (unpaired) electrons. The number of amides is 1. The number of benzene rings is 2. The number of rotatable bonds is 3. The Hall–Kier alpha value is -1.84. The number of hydrogen-bond acceptors (Lipinski definition) is 2. The summed E-state index contributed by atoms with van der Waals surface area (Å²) in [6.45, 7) is 1.65. The molecule has 2 aromatic carbocycles. The molecule has 0 aromatic heterocycles. The highest BCUT2D eigenvalue weighted by atomic mass is 35.5. The van der Waals surface area contributed by atoms with Gasteiger partial charge in [-0.15, -0.1) is 0 Å². The minimum Gasteiger partial charge on any atom is -0.325 e. The molecule has 0 fully saturated rings. The number of nitrogens with one attached hydrogen (secondary N) is 1. The minimum absolute atomic E-state index is 0.199. The first kappa shape index (κ1) is 13.6. The Balaban J connectivity index is 2.17. The van der Waals surface area contributed by atoms with E-state index in [1.54, 1.807) is 6.92 Å². The monoisotopic (exact) mass is 274 g/mol. The van der Waals surface area contributed by atoms with Crippen molar-refractivity contribution in [2.75, 3.05) is 5.32 Å². The van der Waals surface area contributed by atoms with Gasteiger partial charge in [-0.2, -0.15) is 0 Å². The molecular weight excluding hydrogens is 260 g/mol. The Bertz CT molecular complexity index is 579. The van der Waals surface area contributed by atoms with Gasteiger partial charge in [0.05, 0.1) is 6.04 Å². The summed E-state index contributed by atoms with van der Waals surface area (Å²) in [4.78, 5) is 11.5. The highest BCUT2D eigenvalue weighted by Crippen LogP contribution is 2.24. The maximum Gasteiger partial charge on any atom is 0.240 e. The van der Waals surface area contributed by atoms with E-state index in [1.807, 2.05) is 48.5 Å². The highest BCUT2D eigenvalue weighted by molar-refractivity contribution is 6.30. The van der Waals surface area contributed by atoms with Crippen molar-refractivity contribution in [3.63, 3.8) is 0 Å². The van der Waals surface area contributed by atoms with Crippen LogP contribution in [-0.2, 0) is 4.79 Å². The van der Waals surface area contributed by atoms with Gasteiger partial charge in [0, 0.05) is 10.7 Å². The fraction of sp³-hybridized carbons (Fsp3) is 0.133. The summed E-state index contributed by atoms with van der Waals surface area (Å²) in [5.74, 6) is -0.199. The Morgan fingerprint density at radius 3 is 2.42 bits per heavy atom. The number of carbonyl (C=O) groups is 1. The molecule has 0 bridgehead atoms. The van der Waals surface area contributed by atoms with E-state index < -0.39 is 6.04 Å². The number of nitrogens with two attached hydrogens (primary N) is 1. The largest absolute Gasteiger partial charge is 0.325 e. The molecule has 1 atom stereocenters. The van der Waals surface area contributed by atoms with Crippen LogP contribution in [0.3, 0.4) is 0 Å². The van der Waals surface area contributed by atoms with Gasteiger partial charge in [-0.3, -0.25) is 4.79 Å². The van der Waals surface area contributed by atoms with Crippen LogP contribution in [0.4, 0.5) is 5.69 Å². The van der Waals surface area contributed by atoms with Crippen molar-refractivity contribution in [2.45, 2.75) is 13.0 Å². The predicted molar refractivity (Wildman–Crippen MR) is 79.2 cm³/mol. The van der Waals surface area contributed by atoms with Gasteiger partial charge in [-0.25, -0.2) is 0 Å². The van der Waals surface area contributed by atoms with Crippen LogP contribution in [0.15, 0.2) is 48.5 Å². The second-order valence-corrected chi connectivity index (χ2v) is 4.80. The molecule has 0 spiro atoms. The Labute approximate surface area is 117 Å². The van der Waals surface area contributed by atoms with Gasteiger partial charge in [-0.05, 0) is 42.3 Å². The second-order valence-electron chi connectivity index (χ2n) is 4.37. The molecule has 4 heteroatoms. The van der Waals surface area contributed by atoms with Gasteiger partial charge in [0.2, 0.25) is 5.91 Å². The van der Waals surface area contributed by atoms with E-state index in [0.29, 0.717) is 5.02 Å². The predicted octanol–water partition coefficient (Wildman–Crippen LogP) is 3.29. The van der Waals surface area contributed by atoms with Crippen molar-refractivity contribution in [3.8, 4) is 11.1 Å². The van der Waals surface area contributed by atoms with Crippen LogP contribution in [0, 0.1) is 0 Å². The summed E-state index contributed by atoms with van der Waals surface area (Å²) in [6, 6.07) is 14.7. The summed E-state index contributed by atoms with van der Waals surface area (Å²) in [5.41, 5.74) is 8.31. The van der Waals surface area contributed by atoms with Crippen molar-refractivity contribution < 1.29 is 4.79 Å². The van der Waals surface area contributed by atoms with Crippen LogP contribution < -0.4 is 11.1 Å². The average molecular weight is 275 g/mol. The molecule has 0 aliphatic carbocycles. The molecule has 3 nitrogen and oxygen atoms in total. The maximum atomic E-state index is 11.5. The zero-order chi connectivity index (χ0) is 13.8. The minimum atomic E-state index is -0.521. The first-order valence-electron chi connectivity index (χ1n) is 5.99. The van der Waals surface area contributed by atoms with Crippen molar-refractivity contribution in [3.05, 3.63) is 53.6 Å². The van der Waals surface area contributed by atoms with Gasteiger partial charge < -0.3 is 11.1 Å². The molecule has 0 saturated heterocycles. The maximum absolute atomic E-state index is 11.5. The van der Waals surface area contributed by atoms with Crippen molar-refractivity contribution >= 4 is 23.2 Å². The third-order valence-electron chi connectivity index (χ3n) is 2.72. The number of hydrogen-bond donors (Lipinski definition) is 2. The SMILES string of the molecule is C[C@@H](N)C(=O)Nc1ccc(-c2cccc(Cl)c2)cc1. The highest BCUT2D eigenvalue weighted by Gasteiger charge is 2.07. The third-order valence-corrected chi connectivity index (χ3v) is 2.96. The normalized spacial score (nSPS) is 11.9. The Kier molecular flexibility index (Phi) is 4.20. The van der Waals surface area contributed by atoms with Crippen molar-refractivity contribution in [2.24, 2.45) is 5.73 Å². The summed E-state index contributed by atoms with van der Waals surface area (Å²) in [5, 5.41) is 3.44. The Morgan fingerprint density at radius 2 is 1.84 bits per heavy atom. The smallest absolute Gasteiger partial charge is 0.240 e. The lowest BCUT2D eigenvalue weighted by Gasteiger charge is -2.08. The standard InChI is InChI=1S/C15H15ClN2O/c1-10(17)15(19)18-14-7-5-11(6-8-14)12-3-2-4-13(16)9-12/h2-10H,17H2,1H3,(H,18,19)/t10-/m1/s1. The molecule has 3 N–H and O–H groups in total. The topological polar surface area (TPSA) is 55.1 Å². The molecule has 98 valence electrons. The fourth-order valence-electron chi connectivity index (χ4n) is 1.67. The lowest BCUT2D eigenvalue weighted by Crippen LogP contribution is -2.32. The van der Waals surface area contributed by atoms with E-state index >= 15 is 0 Å². The summed E-state index contributed by atoms with van der Waals surface area (Å²) in [7, 11) is 0. The van der Waals surface area contributed by atoms with Crippen molar-refractivity contribution in [1.82, 2.24) is 0 Å². The van der Waals surface area contributed by atoms with Gasteiger partial charge >= 0.3 is 0 Å². The molecule has 2 rings (SSSR count). The number of halogens is 1. The first-order valence-corrected chi connectivity index (χ1v) is 6.36. The van der Waals surface area contributed by atoms with E-state index in [1.165, 1.54) is 0 Å². The zero-order valence-corrected chi connectivity index (χ0v) is 11.3. The third kappa shape index (κ3) is 3.56. The van der Waals surface area contributed by atoms with Crippen LogP contribution >= 0.6 is 11.6 Å². The summed E-state index contributed by atoms with van der Waals surface area (Å²) >= 11 is 5.96. The lowest BCUT2D eigenvalue weighted by molar-refractivity contribution is -0.117. The van der Waals surface area contributed by atoms with E-state index in [9.17, 15) is 4.79 Å². The van der Waals surface area contributed by atoms with Gasteiger partial charge in [0.25, 0.3) is 0 Å². The quantitative estimate of drug-likeness (QED) is 0.902. The van der Waals surface area contributed by atoms with E-state index in [-0.39, 0.29) is 5.91 Å². The molecule has 0 unspecified atom stereocenters. The van der Waals surface area contributed by atoms with E-state index in [2.05, 4.69) is 5.32 Å². The van der Waals surface area contributed by atoms with Crippen LogP contribution in [0.5, 0.6) is 0 Å². The Morgan fingerprint density at radius 1 is 1.16 bits per heavy atom. The van der Waals surface area contributed by atoms with Crippen LogP contribution in [0.25, 0.3) is 11.1 Å². The van der Waals surface area contributed by atoms with Crippen LogP contribution in [0.1, 0.15) is 6.92 Å². The molecule has 0 saturated carbocycles. The first-order chi connectivity index (χ1) is 9.06. The molecule has 0 heterocycles. The molecular formula is C15H15ClN2O. The molecule has 1 amide bonds. The molecule has 0 aliphatic rings. The number of carbonyl (C=O) groups excluding carboxylic acids is 1. The van der Waals surface area contributed by atoms with Gasteiger partial charge in [0.1, 0.15) is 0 Å². The second kappa shape index (κ2) is 5.87. The van der Waals surface area contributed by atoms with E-state index in [0.717, 1.165) is 16.8 Å². The molecule has 0 aliphatic heterocycles. The van der Waals surface area contributed by atoms with Gasteiger partial charge in [-0.1, -0.05) is 35.9 Å². The van der Waals surface area contributed by atoms with Crippen LogP contribution in [0.2, 0.25) is 5.02 Å². The molecule has 19 heavy (non-hydrogen) atoms. The lowest BCUT2D eigenvalue weighted by atomic mass is 10.1. The van der Waals surface area contributed by atoms with Gasteiger partial charge in [0.15, 0.2) is 0 Å². The van der Waals surface area contributed by atoms with Crippen LogP contribution in [-0.4, -0.2) is 11.9 Å². The fourth-order valence-corrected chi connectivity index (χ4v) is 1.86. The summed E-state index contributed by atoms with van der Waals surface area (Å²) in [6.07, 6.45) is 0. The zero-order valence-electron chi connectivity index (χ0n) is 10.6. The summed E-state index contributed by atoms with van der Waals surface area (Å²) < 4.78 is 0. The molecule has 2 aromatic rings. The van der Waals surface area contributed by atoms with E-state index in [4.69, 9.17) is 17.3 Å². The average Bonchev–Trinajstić information content (AvgIpc) is 2.39. The number of anilines is 1.